The smallest absolute Gasteiger partial charge is 0.289 e. The zero-order valence-corrected chi connectivity index (χ0v) is 6.90. The Kier molecular flexibility index (Phi) is 4.77. The van der Waals surface area contributed by atoms with E-state index in [9.17, 15) is 14.4 Å². The number of carbonyl (C=O) groups is 1. The van der Waals surface area contributed by atoms with Crippen LogP contribution in [0.2, 0.25) is 0 Å². The molecule has 0 aliphatic heterocycles. The fraction of sp³-hybridized carbons (Fsp3) is 0. The molecule has 0 bridgehead atoms. The number of H-pyrrole nitrogens is 2. The largest absolute Gasteiger partial charge is 0.342 e. The quantitative estimate of drug-likeness (QED) is 0.152. The molecule has 0 fully saturated rings. The first kappa shape index (κ1) is 12.0. The van der Waals surface area contributed by atoms with Crippen molar-refractivity contribution in [3.8, 4) is 0 Å². The summed E-state index contributed by atoms with van der Waals surface area (Å²) < 4.78 is 0. The molecule has 1 rings (SSSR count). The Bertz CT molecular complexity index is 406. The van der Waals surface area contributed by atoms with Crippen molar-refractivity contribution in [3.63, 3.8) is 0 Å². The van der Waals surface area contributed by atoms with Crippen LogP contribution in [0.15, 0.2) is 9.59 Å². The van der Waals surface area contributed by atoms with E-state index in [0.717, 1.165) is 0 Å². The first-order valence-electron chi connectivity index (χ1n) is 3.18. The summed E-state index contributed by atoms with van der Waals surface area (Å²) >= 11 is 0. The maximum absolute atomic E-state index is 10.8. The number of aromatic amines is 2. The van der Waals surface area contributed by atoms with Gasteiger partial charge in [0.1, 0.15) is 0 Å². The number of nitrogens with one attached hydrogen (secondary N) is 3. The summed E-state index contributed by atoms with van der Waals surface area (Å²) in [6.07, 6.45) is 0. The Balaban J connectivity index is 0.000000791. The third-order valence-corrected chi connectivity index (χ3v) is 1.06. The van der Waals surface area contributed by atoms with Gasteiger partial charge < -0.3 is 0 Å². The van der Waals surface area contributed by atoms with Crippen LogP contribution in [0.1, 0.15) is 10.5 Å². The van der Waals surface area contributed by atoms with Crippen LogP contribution in [0.3, 0.4) is 0 Å². The molecule has 78 valence electrons. The molecule has 14 heavy (non-hydrogen) atoms. The summed E-state index contributed by atoms with van der Waals surface area (Å²) in [5, 5.41) is 5.05. The Hall–Kier alpha value is -2.04. The number of nitrogen functional groups attached to an aromatic ring is 1. The minimum Gasteiger partial charge on any atom is -0.289 e. The van der Waals surface area contributed by atoms with Crippen LogP contribution in [0.5, 0.6) is 0 Å². The number of nitrogens with zero attached hydrogens (tertiary/aromatic N) is 1. The fourth-order valence-electron chi connectivity index (χ4n) is 0.570. The van der Waals surface area contributed by atoms with Crippen molar-refractivity contribution in [1.29, 1.82) is 0 Å². The van der Waals surface area contributed by atoms with Crippen LogP contribution in [-0.2, 0) is 0 Å². The van der Waals surface area contributed by atoms with Crippen LogP contribution >= 0.6 is 0 Å². The third kappa shape index (κ3) is 2.78. The van der Waals surface area contributed by atoms with Crippen molar-refractivity contribution >= 4 is 5.91 Å². The molecule has 1 heterocycles. The molecular weight excluding hydrogens is 194 g/mol. The number of nitrogens with two attached hydrogens (primary N) is 3. The van der Waals surface area contributed by atoms with E-state index in [4.69, 9.17) is 5.84 Å². The van der Waals surface area contributed by atoms with Crippen LogP contribution < -0.4 is 34.2 Å². The summed E-state index contributed by atoms with van der Waals surface area (Å²) in [5.74, 6) is 11.9. The van der Waals surface area contributed by atoms with Crippen molar-refractivity contribution < 1.29 is 4.79 Å². The van der Waals surface area contributed by atoms with E-state index in [1.807, 2.05) is 10.1 Å². The predicted molar refractivity (Wildman–Crippen MR) is 45.5 cm³/mol. The summed E-state index contributed by atoms with van der Waals surface area (Å²) in [6, 6.07) is 0. The molecule has 0 saturated carbocycles. The zero-order chi connectivity index (χ0) is 11.1. The molecule has 9 N–H and O–H groups in total. The summed E-state index contributed by atoms with van der Waals surface area (Å²) in [4.78, 5) is 33.7. The van der Waals surface area contributed by atoms with Crippen LogP contribution in [0.4, 0.5) is 0 Å². The topological polar surface area (TPSA) is 186 Å². The molecule has 0 atom stereocenters. The van der Waals surface area contributed by atoms with Crippen molar-refractivity contribution in [3.05, 3.63) is 26.5 Å². The molecule has 0 aliphatic rings. The number of hydrogen-bond donors (Lipinski definition) is 6. The predicted octanol–water partition coefficient (Wildman–Crippen LogP) is -4.12. The molecule has 0 unspecified atom stereocenters. The maximum atomic E-state index is 10.8. The average molecular weight is 203 g/mol. The average Bonchev–Trinajstić information content (AvgIpc) is 2.20. The lowest BCUT2D eigenvalue weighted by atomic mass is 10.4. The van der Waals surface area contributed by atoms with Gasteiger partial charge in [-0.2, -0.15) is 5.10 Å². The second-order valence-electron chi connectivity index (χ2n) is 1.83. The summed E-state index contributed by atoms with van der Waals surface area (Å²) in [7, 11) is 0. The lowest BCUT2D eigenvalue weighted by molar-refractivity contribution is 0.0945. The molecule has 0 saturated heterocycles. The molecule has 10 heteroatoms. The SMILES string of the molecule is NN.NNC(=O)c1n[nH]c(=O)[nH]c1=O. The fourth-order valence-corrected chi connectivity index (χ4v) is 0.570. The van der Waals surface area contributed by atoms with Gasteiger partial charge in [-0.25, -0.2) is 15.7 Å². The number of carbonyl (C=O) groups excluding carboxylic acids is 1. The van der Waals surface area contributed by atoms with Gasteiger partial charge in [0.15, 0.2) is 0 Å². The van der Waals surface area contributed by atoms with Crippen molar-refractivity contribution in [1.82, 2.24) is 20.6 Å². The monoisotopic (exact) mass is 203 g/mol. The number of rotatable bonds is 1. The lowest BCUT2D eigenvalue weighted by Gasteiger charge is -1.93. The molecule has 0 radical (unpaired) electrons. The van der Waals surface area contributed by atoms with Gasteiger partial charge in [-0.3, -0.25) is 31.7 Å². The molecule has 1 aromatic heterocycles. The van der Waals surface area contributed by atoms with Gasteiger partial charge in [0.2, 0.25) is 5.69 Å². The molecule has 0 spiro atoms. The first-order valence-corrected chi connectivity index (χ1v) is 3.18. The first-order chi connectivity index (χ1) is 6.65. The van der Waals surface area contributed by atoms with E-state index in [-0.39, 0.29) is 0 Å². The second-order valence-corrected chi connectivity index (χ2v) is 1.83. The third-order valence-electron chi connectivity index (χ3n) is 1.06. The highest BCUT2D eigenvalue weighted by Crippen LogP contribution is 1.74. The van der Waals surface area contributed by atoms with E-state index in [0.29, 0.717) is 0 Å². The van der Waals surface area contributed by atoms with Gasteiger partial charge >= 0.3 is 5.69 Å². The van der Waals surface area contributed by atoms with Gasteiger partial charge in [-0.15, -0.1) is 0 Å². The second kappa shape index (κ2) is 5.58. The van der Waals surface area contributed by atoms with E-state index in [1.165, 1.54) is 0 Å². The molecule has 0 aliphatic carbocycles. The van der Waals surface area contributed by atoms with Crippen LogP contribution in [0, 0.1) is 0 Å². The van der Waals surface area contributed by atoms with E-state index < -0.39 is 22.9 Å². The van der Waals surface area contributed by atoms with Crippen molar-refractivity contribution in [2.24, 2.45) is 17.5 Å². The molecular formula is C4H9N7O3. The molecule has 1 amide bonds. The Morgan fingerprint density at radius 1 is 1.36 bits per heavy atom. The molecule has 1 aromatic rings. The highest BCUT2D eigenvalue weighted by atomic mass is 16.2. The highest BCUT2D eigenvalue weighted by Gasteiger charge is 2.10. The Labute approximate surface area is 76.4 Å². The standard InChI is InChI=1S/C4H5N5O3.H4N2/c5-7-3(11)1-2(10)6-4(12)9-8-1;1-2/h5H2,(H,7,11)(H2,6,9,10,12);1-2H2. The minimum absolute atomic E-state index is 0.489. The van der Waals surface area contributed by atoms with Crippen molar-refractivity contribution in [2.45, 2.75) is 0 Å². The van der Waals surface area contributed by atoms with Gasteiger partial charge in [0, 0.05) is 0 Å². The van der Waals surface area contributed by atoms with Gasteiger partial charge in [-0.05, 0) is 0 Å². The maximum Gasteiger partial charge on any atom is 0.342 e. The molecule has 10 nitrogen and oxygen atoms in total. The lowest BCUT2D eigenvalue weighted by Crippen LogP contribution is -2.38. The Morgan fingerprint density at radius 2 is 1.93 bits per heavy atom. The number of amides is 1. The van der Waals surface area contributed by atoms with Gasteiger partial charge in [0.05, 0.1) is 0 Å². The van der Waals surface area contributed by atoms with Crippen LogP contribution in [0.25, 0.3) is 0 Å². The minimum atomic E-state index is -0.887. The van der Waals surface area contributed by atoms with E-state index in [2.05, 4.69) is 16.8 Å². The normalized spacial score (nSPS) is 8.50. The van der Waals surface area contributed by atoms with Crippen LogP contribution in [-0.4, -0.2) is 21.1 Å². The van der Waals surface area contributed by atoms with E-state index in [1.54, 1.807) is 5.43 Å². The Morgan fingerprint density at radius 3 is 2.36 bits per heavy atom. The number of hydrogen-bond acceptors (Lipinski definition) is 7. The van der Waals surface area contributed by atoms with Gasteiger partial charge in [-0.1, -0.05) is 0 Å². The highest BCUT2D eigenvalue weighted by molar-refractivity contribution is 5.91. The van der Waals surface area contributed by atoms with Gasteiger partial charge in [0.25, 0.3) is 11.5 Å². The van der Waals surface area contributed by atoms with E-state index >= 15 is 0 Å². The summed E-state index contributed by atoms with van der Waals surface area (Å²) in [5.41, 5.74) is -0.462. The summed E-state index contributed by atoms with van der Waals surface area (Å²) in [6.45, 7) is 0. The number of hydrazine groups is 2. The molecule has 0 aromatic carbocycles. The zero-order valence-electron chi connectivity index (χ0n) is 6.90. The van der Waals surface area contributed by atoms with Crippen molar-refractivity contribution in [2.75, 3.05) is 0 Å². The number of aromatic nitrogens is 3.